The molecule has 0 N–H and O–H groups in total. The first-order chi connectivity index (χ1) is 14.1. The number of nitro benzene ring substituents is 1. The van der Waals surface area contributed by atoms with E-state index >= 15 is 0 Å². The van der Waals surface area contributed by atoms with Gasteiger partial charge in [-0.3, -0.25) is 15.1 Å². The largest absolute Gasteiger partial charge is 0.595 e. The number of hydrogen-bond donors (Lipinski definition) is 0. The minimum absolute atomic E-state index is 0.0275. The summed E-state index contributed by atoms with van der Waals surface area (Å²) >= 11 is 0. The van der Waals surface area contributed by atoms with Crippen LogP contribution in [0.15, 0.2) is 53.5 Å². The quantitative estimate of drug-likeness (QED) is 0.224. The van der Waals surface area contributed by atoms with Crippen molar-refractivity contribution < 1.29 is 29.0 Å². The van der Waals surface area contributed by atoms with Crippen molar-refractivity contribution in [3.05, 3.63) is 64.2 Å². The highest BCUT2D eigenvalue weighted by molar-refractivity contribution is 5.79. The Morgan fingerprint density at radius 3 is 2.07 bits per heavy atom. The molecule has 0 aliphatic rings. The van der Waals surface area contributed by atoms with Crippen LogP contribution in [0.1, 0.15) is 26.3 Å². The third-order valence-electron chi connectivity index (χ3n) is 3.76. The maximum Gasteiger partial charge on any atom is 0.331 e. The molecule has 0 aliphatic heterocycles. The summed E-state index contributed by atoms with van der Waals surface area (Å²) in [5.74, 6) is 0.305. The molecule has 0 spiro atoms. The highest BCUT2D eigenvalue weighted by atomic mass is 16.6. The zero-order valence-electron chi connectivity index (χ0n) is 17.2. The lowest BCUT2D eigenvalue weighted by Crippen LogP contribution is -2.35. The van der Waals surface area contributed by atoms with Gasteiger partial charge in [0.15, 0.2) is 6.04 Å². The predicted octanol–water partition coefficient (Wildman–Crippen LogP) is 3.00. The number of hydrogen-bond acceptors (Lipinski definition) is 8. The number of ether oxygens (including phenoxy) is 3. The van der Waals surface area contributed by atoms with Crippen molar-refractivity contribution >= 4 is 17.7 Å². The molecule has 2 rings (SSSR count). The molecule has 0 aromatic heterocycles. The SMILES string of the molecule is COC(=O)C(Cc1ccc(Oc2ccc([N+](=O)[O-])cc2)cc1)N=C([O-])OC(C)(C)C. The van der Waals surface area contributed by atoms with Gasteiger partial charge in [0.1, 0.15) is 17.6 Å². The Kier molecular flexibility index (Phi) is 7.35. The molecule has 30 heavy (non-hydrogen) atoms. The van der Waals surface area contributed by atoms with Crippen LogP contribution in [-0.2, 0) is 20.7 Å². The summed E-state index contributed by atoms with van der Waals surface area (Å²) in [5.41, 5.74) is -0.0213. The summed E-state index contributed by atoms with van der Waals surface area (Å²) in [5, 5.41) is 22.6. The van der Waals surface area contributed by atoms with Crippen LogP contribution in [0, 0.1) is 10.1 Å². The van der Waals surface area contributed by atoms with Gasteiger partial charge >= 0.3 is 5.97 Å². The lowest BCUT2D eigenvalue weighted by molar-refractivity contribution is -0.384. The Morgan fingerprint density at radius 1 is 1.07 bits per heavy atom. The van der Waals surface area contributed by atoms with Crippen LogP contribution in [0.4, 0.5) is 5.69 Å². The zero-order chi connectivity index (χ0) is 22.3. The molecule has 2 aromatic carbocycles. The number of rotatable bonds is 7. The standard InChI is InChI=1S/C21H24N2O7/c1-21(2,3)30-20(25)22-18(19(24)28-4)13-14-5-9-16(10-6-14)29-17-11-7-15(8-12-17)23(26)27/h5-12,18H,13H2,1-4H3,(H,22,25)/p-1. The summed E-state index contributed by atoms with van der Waals surface area (Å²) in [4.78, 5) is 26.0. The monoisotopic (exact) mass is 415 g/mol. The molecule has 0 bridgehead atoms. The molecule has 1 atom stereocenters. The molecule has 0 amide bonds. The van der Waals surface area contributed by atoms with Crippen LogP contribution < -0.4 is 9.84 Å². The van der Waals surface area contributed by atoms with E-state index in [-0.39, 0.29) is 12.1 Å². The second-order valence-electron chi connectivity index (χ2n) is 7.35. The number of nitrogens with zero attached hydrogens (tertiary/aromatic N) is 2. The second-order valence-corrected chi connectivity index (χ2v) is 7.35. The van der Waals surface area contributed by atoms with E-state index in [1.807, 2.05) is 0 Å². The average Bonchev–Trinajstić information content (AvgIpc) is 2.67. The van der Waals surface area contributed by atoms with Gasteiger partial charge in [0, 0.05) is 24.2 Å². The van der Waals surface area contributed by atoms with Gasteiger partial charge in [-0.25, -0.2) is 4.79 Å². The number of benzene rings is 2. The molecule has 0 saturated heterocycles. The van der Waals surface area contributed by atoms with Crippen molar-refractivity contribution in [3.8, 4) is 11.5 Å². The Balaban J connectivity index is 2.08. The first-order valence-corrected chi connectivity index (χ1v) is 9.10. The molecule has 160 valence electrons. The Labute approximate surface area is 174 Å². The molecule has 0 aliphatic carbocycles. The highest BCUT2D eigenvalue weighted by Crippen LogP contribution is 2.24. The minimum Gasteiger partial charge on any atom is -0.595 e. The van der Waals surface area contributed by atoms with E-state index in [2.05, 4.69) is 4.99 Å². The van der Waals surface area contributed by atoms with Gasteiger partial charge in [0.25, 0.3) is 5.69 Å². The predicted molar refractivity (Wildman–Crippen MR) is 107 cm³/mol. The third kappa shape index (κ3) is 7.08. The van der Waals surface area contributed by atoms with E-state index in [4.69, 9.17) is 14.2 Å². The number of methoxy groups -OCH3 is 1. The van der Waals surface area contributed by atoms with Gasteiger partial charge in [-0.15, -0.1) is 0 Å². The van der Waals surface area contributed by atoms with Crippen molar-refractivity contribution in [2.75, 3.05) is 7.11 Å². The zero-order valence-corrected chi connectivity index (χ0v) is 17.2. The van der Waals surface area contributed by atoms with E-state index in [0.717, 1.165) is 5.56 Å². The summed E-state index contributed by atoms with van der Waals surface area (Å²) < 4.78 is 15.5. The van der Waals surface area contributed by atoms with Crippen molar-refractivity contribution in [2.45, 2.75) is 38.8 Å². The van der Waals surface area contributed by atoms with Gasteiger partial charge in [0.05, 0.1) is 12.0 Å². The topological polar surface area (TPSA) is 123 Å². The van der Waals surface area contributed by atoms with Crippen LogP contribution in [0.3, 0.4) is 0 Å². The lowest BCUT2D eigenvalue weighted by atomic mass is 10.1. The van der Waals surface area contributed by atoms with Crippen molar-refractivity contribution in [1.29, 1.82) is 0 Å². The number of nitro groups is 1. The molecular weight excluding hydrogens is 392 g/mol. The minimum atomic E-state index is -1.04. The highest BCUT2D eigenvalue weighted by Gasteiger charge is 2.19. The molecule has 0 radical (unpaired) electrons. The number of esters is 1. The van der Waals surface area contributed by atoms with E-state index in [0.29, 0.717) is 11.5 Å². The van der Waals surface area contributed by atoms with Crippen LogP contribution >= 0.6 is 0 Å². The summed E-state index contributed by atoms with van der Waals surface area (Å²) in [6, 6.07) is 11.5. The molecule has 1 unspecified atom stereocenters. The molecule has 9 heteroatoms. The summed E-state index contributed by atoms with van der Waals surface area (Å²) in [7, 11) is 1.22. The van der Waals surface area contributed by atoms with Gasteiger partial charge < -0.3 is 19.3 Å². The maximum atomic E-state index is 12.0. The van der Waals surface area contributed by atoms with Gasteiger partial charge in [-0.2, -0.15) is 0 Å². The molecular formula is C21H23N2O7-. The summed E-state index contributed by atoms with van der Waals surface area (Å²) in [6.45, 7) is 5.12. The Hall–Kier alpha value is -3.62. The first kappa shape index (κ1) is 22.7. The summed E-state index contributed by atoms with van der Waals surface area (Å²) in [6.07, 6.45) is -0.694. The second kappa shape index (κ2) is 9.73. The van der Waals surface area contributed by atoms with Crippen LogP contribution in [0.5, 0.6) is 11.5 Å². The lowest BCUT2D eigenvalue weighted by Gasteiger charge is -2.30. The third-order valence-corrected chi connectivity index (χ3v) is 3.76. The smallest absolute Gasteiger partial charge is 0.331 e. The first-order valence-electron chi connectivity index (χ1n) is 9.10. The van der Waals surface area contributed by atoms with Crippen LogP contribution in [-0.4, -0.2) is 35.7 Å². The van der Waals surface area contributed by atoms with Crippen LogP contribution in [0.25, 0.3) is 0 Å². The van der Waals surface area contributed by atoms with E-state index in [1.54, 1.807) is 45.0 Å². The van der Waals surface area contributed by atoms with E-state index in [1.165, 1.54) is 31.4 Å². The number of aliphatic imine (C=N–C) groups is 1. The van der Waals surface area contributed by atoms with Crippen LogP contribution in [0.2, 0.25) is 0 Å². The van der Waals surface area contributed by atoms with Crippen molar-refractivity contribution in [3.63, 3.8) is 0 Å². The number of non-ortho nitro benzene ring substituents is 1. The van der Waals surface area contributed by atoms with Gasteiger partial charge in [-0.05, 0) is 29.8 Å². The van der Waals surface area contributed by atoms with Gasteiger partial charge in [0.2, 0.25) is 0 Å². The van der Waals surface area contributed by atoms with E-state index < -0.39 is 28.6 Å². The van der Waals surface area contributed by atoms with Gasteiger partial charge in [-0.1, -0.05) is 32.9 Å². The Morgan fingerprint density at radius 2 is 1.60 bits per heavy atom. The Bertz CT molecular complexity index is 900. The molecule has 9 nitrogen and oxygen atoms in total. The number of carbonyl (C=O) groups excluding carboxylic acids is 1. The maximum absolute atomic E-state index is 12.0. The fraction of sp³-hybridized carbons (Fsp3) is 0.333. The van der Waals surface area contributed by atoms with Crippen molar-refractivity contribution in [2.24, 2.45) is 4.99 Å². The number of carbonyl (C=O) groups is 1. The van der Waals surface area contributed by atoms with Crippen molar-refractivity contribution in [1.82, 2.24) is 0 Å². The molecule has 0 saturated carbocycles. The average molecular weight is 415 g/mol. The molecule has 0 fully saturated rings. The molecule has 2 aromatic rings. The molecule has 0 heterocycles. The fourth-order valence-corrected chi connectivity index (χ4v) is 2.42. The normalized spacial score (nSPS) is 12.7. The van der Waals surface area contributed by atoms with E-state index in [9.17, 15) is 20.0 Å². The fourth-order valence-electron chi connectivity index (χ4n) is 2.42.